The first-order valence-corrected chi connectivity index (χ1v) is 8.57. The molecule has 1 aromatic heterocycles. The molecule has 0 radical (unpaired) electrons. The molecule has 0 saturated heterocycles. The Hall–Kier alpha value is -1.86. The minimum Gasteiger partial charge on any atom is -0.274 e. The van der Waals surface area contributed by atoms with Crippen molar-refractivity contribution in [3.8, 4) is 0 Å². The lowest BCUT2D eigenvalue weighted by Gasteiger charge is -2.04. The number of hydrogen-bond acceptors (Lipinski definition) is 4. The van der Waals surface area contributed by atoms with E-state index in [0.717, 1.165) is 22.5 Å². The summed E-state index contributed by atoms with van der Waals surface area (Å²) in [5.41, 5.74) is 0.000247. The van der Waals surface area contributed by atoms with Crippen LogP contribution in [0, 0.1) is 6.92 Å². The van der Waals surface area contributed by atoms with Crippen LogP contribution in [0.5, 0.6) is 0 Å². The number of benzene rings is 1. The molecule has 2 rings (SSSR count). The van der Waals surface area contributed by atoms with Gasteiger partial charge in [0.25, 0.3) is 10.0 Å². The third kappa shape index (κ3) is 3.15. The van der Waals surface area contributed by atoms with Gasteiger partial charge in [0.15, 0.2) is 0 Å². The van der Waals surface area contributed by atoms with Gasteiger partial charge < -0.3 is 0 Å². The molecular weight excluding hydrogens is 328 g/mol. The van der Waals surface area contributed by atoms with Crippen molar-refractivity contribution >= 4 is 27.5 Å². The molecule has 0 aliphatic carbocycles. The largest absolute Gasteiger partial charge is 0.349 e. The molecule has 2 aromatic rings. The summed E-state index contributed by atoms with van der Waals surface area (Å²) < 4.78 is 26.2. The predicted molar refractivity (Wildman–Crippen MR) is 83.0 cm³/mol. The van der Waals surface area contributed by atoms with Crippen LogP contribution < -0.4 is 5.69 Å². The van der Waals surface area contributed by atoms with E-state index in [1.54, 1.807) is 12.1 Å². The zero-order chi connectivity index (χ0) is 16.3. The van der Waals surface area contributed by atoms with Gasteiger partial charge in [-0.2, -0.15) is 3.97 Å². The topological polar surface area (TPSA) is 78.1 Å². The van der Waals surface area contributed by atoms with Crippen molar-refractivity contribution in [2.24, 2.45) is 0 Å². The number of aromatic nitrogens is 2. The van der Waals surface area contributed by atoms with Crippen molar-refractivity contribution in [1.29, 1.82) is 0 Å². The minimum atomic E-state index is -4.01. The molecule has 0 atom stereocenters. The molecule has 22 heavy (non-hydrogen) atoms. The Labute approximate surface area is 133 Å². The van der Waals surface area contributed by atoms with Crippen molar-refractivity contribution < 1.29 is 13.2 Å². The van der Waals surface area contributed by atoms with Gasteiger partial charge in [0.2, 0.25) is 5.91 Å². The second-order valence-electron chi connectivity index (χ2n) is 4.75. The van der Waals surface area contributed by atoms with Gasteiger partial charge in [0.05, 0.1) is 4.90 Å². The minimum absolute atomic E-state index is 0.00819. The lowest BCUT2D eigenvalue weighted by Crippen LogP contribution is -2.32. The summed E-state index contributed by atoms with van der Waals surface area (Å²) in [5.74, 6) is -0.188. The summed E-state index contributed by atoms with van der Waals surface area (Å²) in [6.07, 6.45) is 2.74. The van der Waals surface area contributed by atoms with Crippen LogP contribution in [0.2, 0.25) is 0 Å². The smallest absolute Gasteiger partial charge is 0.274 e. The van der Waals surface area contributed by atoms with E-state index in [1.165, 1.54) is 12.1 Å². The molecule has 0 saturated carbocycles. The number of carbonyl (C=O) groups is 1. The average Bonchev–Trinajstić information content (AvgIpc) is 2.87. The highest BCUT2D eigenvalue weighted by atomic mass is 35.5. The summed E-state index contributed by atoms with van der Waals surface area (Å²) in [7, 11) is -4.01. The fraction of sp³-hybridized carbons (Fsp3) is 0.286. The highest BCUT2D eigenvalue weighted by Crippen LogP contribution is 2.13. The molecule has 8 heteroatoms. The van der Waals surface area contributed by atoms with Crippen LogP contribution in [0.4, 0.5) is 0 Å². The monoisotopic (exact) mass is 342 g/mol. The molecule has 118 valence electrons. The van der Waals surface area contributed by atoms with Gasteiger partial charge in [0, 0.05) is 24.7 Å². The van der Waals surface area contributed by atoms with Gasteiger partial charge in [-0.15, -0.1) is 11.6 Å². The Kier molecular flexibility index (Phi) is 4.87. The van der Waals surface area contributed by atoms with Gasteiger partial charge in [-0.3, -0.25) is 4.79 Å². The second kappa shape index (κ2) is 6.50. The summed E-state index contributed by atoms with van der Waals surface area (Å²) >= 11 is 5.50. The lowest BCUT2D eigenvalue weighted by atomic mass is 10.2. The van der Waals surface area contributed by atoms with Crippen LogP contribution in [0.25, 0.3) is 0 Å². The summed E-state index contributed by atoms with van der Waals surface area (Å²) in [6, 6.07) is 6.12. The average molecular weight is 343 g/mol. The Morgan fingerprint density at radius 3 is 2.41 bits per heavy atom. The van der Waals surface area contributed by atoms with Gasteiger partial charge in [-0.25, -0.2) is 17.8 Å². The zero-order valence-corrected chi connectivity index (χ0v) is 13.5. The molecule has 0 aliphatic rings. The molecule has 0 fully saturated rings. The van der Waals surface area contributed by atoms with E-state index in [4.69, 9.17) is 11.6 Å². The Balaban J connectivity index is 2.41. The van der Waals surface area contributed by atoms with Crippen molar-refractivity contribution in [2.75, 3.05) is 5.88 Å². The molecule has 0 unspecified atom stereocenters. The third-order valence-electron chi connectivity index (χ3n) is 3.12. The van der Waals surface area contributed by atoms with Crippen LogP contribution in [0.15, 0.2) is 46.3 Å². The molecular formula is C14H15ClN2O4S. The van der Waals surface area contributed by atoms with Crippen LogP contribution in [-0.2, 0) is 10.0 Å². The molecule has 6 nitrogen and oxygen atoms in total. The van der Waals surface area contributed by atoms with Gasteiger partial charge in [-0.1, -0.05) is 17.7 Å². The zero-order valence-electron chi connectivity index (χ0n) is 11.9. The summed E-state index contributed by atoms with van der Waals surface area (Å²) in [5, 5.41) is 0. The quantitative estimate of drug-likeness (QED) is 0.777. The normalized spacial score (nSPS) is 11.5. The maximum atomic E-state index is 12.4. The molecule has 1 heterocycles. The van der Waals surface area contributed by atoms with Gasteiger partial charge >= 0.3 is 5.69 Å². The van der Waals surface area contributed by atoms with E-state index in [-0.39, 0.29) is 11.3 Å². The van der Waals surface area contributed by atoms with Gasteiger partial charge in [-0.05, 0) is 25.5 Å². The van der Waals surface area contributed by atoms with Crippen molar-refractivity contribution in [1.82, 2.24) is 8.54 Å². The van der Waals surface area contributed by atoms with Crippen LogP contribution in [0.3, 0.4) is 0 Å². The van der Waals surface area contributed by atoms with E-state index in [9.17, 15) is 18.0 Å². The van der Waals surface area contributed by atoms with E-state index >= 15 is 0 Å². The highest BCUT2D eigenvalue weighted by Gasteiger charge is 2.22. The molecule has 0 aliphatic heterocycles. The molecule has 1 aromatic carbocycles. The maximum absolute atomic E-state index is 12.4. The number of hydrogen-bond donors (Lipinski definition) is 0. The van der Waals surface area contributed by atoms with Crippen molar-refractivity contribution in [3.63, 3.8) is 0 Å². The van der Waals surface area contributed by atoms with Crippen molar-refractivity contribution in [2.45, 2.75) is 24.7 Å². The van der Waals surface area contributed by atoms with Gasteiger partial charge in [0.1, 0.15) is 0 Å². The summed E-state index contributed by atoms with van der Waals surface area (Å²) in [4.78, 5) is 24.0. The number of rotatable bonds is 5. The number of carbonyl (C=O) groups excluding carboxylic acids is 1. The Morgan fingerprint density at radius 2 is 1.82 bits per heavy atom. The van der Waals surface area contributed by atoms with Crippen LogP contribution in [0.1, 0.15) is 23.2 Å². The first-order chi connectivity index (χ1) is 10.4. The fourth-order valence-electron chi connectivity index (χ4n) is 1.90. The molecule has 0 N–H and O–H groups in total. The van der Waals surface area contributed by atoms with E-state index in [2.05, 4.69) is 0 Å². The maximum Gasteiger partial charge on any atom is 0.349 e. The van der Waals surface area contributed by atoms with E-state index in [1.807, 2.05) is 6.92 Å². The summed E-state index contributed by atoms with van der Waals surface area (Å²) in [6.45, 7) is 1.83. The molecule has 0 spiro atoms. The first-order valence-electron chi connectivity index (χ1n) is 6.59. The standard InChI is InChI=1S/C14H15ClN2O4S/c1-11-4-6-12(7-5-11)22(20,21)17-10-9-16(14(17)19)13(18)3-2-8-15/h4-7,9-10H,2-3,8H2,1H3. The number of halogens is 1. The molecule has 0 bridgehead atoms. The van der Waals surface area contributed by atoms with E-state index in [0.29, 0.717) is 16.3 Å². The lowest BCUT2D eigenvalue weighted by molar-refractivity contribution is 0.0898. The van der Waals surface area contributed by atoms with Crippen LogP contribution in [-0.4, -0.2) is 28.7 Å². The number of alkyl halides is 1. The highest BCUT2D eigenvalue weighted by molar-refractivity contribution is 7.90. The molecule has 0 amide bonds. The van der Waals surface area contributed by atoms with Crippen molar-refractivity contribution in [3.05, 3.63) is 52.7 Å². The first kappa shape index (κ1) is 16.5. The second-order valence-corrected chi connectivity index (χ2v) is 6.94. The fourth-order valence-corrected chi connectivity index (χ4v) is 3.24. The SMILES string of the molecule is Cc1ccc(S(=O)(=O)n2ccn(C(=O)CCCCl)c2=O)cc1. The Bertz CT molecular complexity index is 834. The van der Waals surface area contributed by atoms with Crippen LogP contribution >= 0.6 is 11.6 Å². The predicted octanol–water partition coefficient (Wildman–Crippen LogP) is 1.85. The number of nitrogens with zero attached hydrogens (tertiary/aromatic N) is 2. The van der Waals surface area contributed by atoms with E-state index < -0.39 is 21.6 Å². The third-order valence-corrected chi connectivity index (χ3v) is 5.05. The number of imidazole rings is 1. The Morgan fingerprint density at radius 1 is 1.18 bits per heavy atom. The number of aryl methyl sites for hydroxylation is 1.